The van der Waals surface area contributed by atoms with Crippen molar-refractivity contribution < 1.29 is 9.42 Å². The molecule has 4 heterocycles. The monoisotopic (exact) mass is 491 g/mol. The SMILES string of the molecule is C/C(=N\NC(=O)c1nnn(-c2nonc2N)c1CN1CCC(C)CC1)c1ccc(-n2ncnn2)cc1. The summed E-state index contributed by atoms with van der Waals surface area (Å²) in [6, 6.07) is 7.36. The number of nitrogen functional groups attached to an aromatic ring is 1. The standard InChI is InChI=1S/C21H25N13O2/c1-13-7-9-32(10-8-13)11-17-18(26-31-33(17)20-19(22)28-36-29-20)21(35)27-25-14(2)15-3-5-16(6-4-15)34-24-12-23-30-34/h3-6,12-13H,7-11H2,1-2H3,(H2,22,28)(H,27,35)/b25-14+. The van der Waals surface area contributed by atoms with Crippen molar-refractivity contribution in [3.63, 3.8) is 0 Å². The molecule has 36 heavy (non-hydrogen) atoms. The molecule has 3 N–H and O–H groups in total. The molecule has 5 rings (SSSR count). The Kier molecular flexibility index (Phi) is 6.44. The molecule has 1 saturated heterocycles. The van der Waals surface area contributed by atoms with E-state index in [0.29, 0.717) is 23.9 Å². The molecular formula is C21H25N13O2. The van der Waals surface area contributed by atoms with E-state index < -0.39 is 5.91 Å². The van der Waals surface area contributed by atoms with Gasteiger partial charge in [0.25, 0.3) is 5.91 Å². The van der Waals surface area contributed by atoms with Crippen LogP contribution in [0.1, 0.15) is 48.4 Å². The third-order valence-corrected chi connectivity index (χ3v) is 6.11. The van der Waals surface area contributed by atoms with E-state index in [4.69, 9.17) is 10.4 Å². The van der Waals surface area contributed by atoms with Crippen LogP contribution in [-0.4, -0.2) is 75.1 Å². The molecule has 1 aliphatic rings. The number of piperidine rings is 1. The fourth-order valence-electron chi connectivity index (χ4n) is 3.93. The molecule has 0 unspecified atom stereocenters. The largest absolute Gasteiger partial charge is 0.378 e. The fraction of sp³-hybridized carbons (Fsp3) is 0.381. The highest BCUT2D eigenvalue weighted by Gasteiger charge is 2.27. The smallest absolute Gasteiger partial charge is 0.293 e. The summed E-state index contributed by atoms with van der Waals surface area (Å²) in [4.78, 5) is 16.8. The van der Waals surface area contributed by atoms with Crippen molar-refractivity contribution in [2.45, 2.75) is 33.2 Å². The minimum absolute atomic E-state index is 0.0544. The molecule has 15 nitrogen and oxygen atoms in total. The van der Waals surface area contributed by atoms with Crippen molar-refractivity contribution >= 4 is 17.4 Å². The number of carbonyl (C=O) groups excluding carboxylic acids is 1. The highest BCUT2D eigenvalue weighted by molar-refractivity contribution is 6.00. The number of likely N-dealkylation sites (tertiary alicyclic amines) is 1. The van der Waals surface area contributed by atoms with Crippen molar-refractivity contribution in [2.75, 3.05) is 18.8 Å². The summed E-state index contributed by atoms with van der Waals surface area (Å²) >= 11 is 0. The Morgan fingerprint density at radius 2 is 1.97 bits per heavy atom. The zero-order valence-corrected chi connectivity index (χ0v) is 19.8. The van der Waals surface area contributed by atoms with Crippen LogP contribution in [0.5, 0.6) is 0 Å². The first-order valence-corrected chi connectivity index (χ1v) is 11.4. The van der Waals surface area contributed by atoms with E-state index in [9.17, 15) is 4.79 Å². The summed E-state index contributed by atoms with van der Waals surface area (Å²) in [5.74, 6) is 0.406. The molecule has 186 valence electrons. The van der Waals surface area contributed by atoms with Crippen LogP contribution in [0.2, 0.25) is 0 Å². The predicted octanol–water partition coefficient (Wildman–Crippen LogP) is 0.594. The number of tetrazole rings is 1. The summed E-state index contributed by atoms with van der Waals surface area (Å²) < 4.78 is 6.12. The van der Waals surface area contributed by atoms with Crippen LogP contribution >= 0.6 is 0 Å². The normalized spacial score (nSPS) is 15.3. The lowest BCUT2D eigenvalue weighted by molar-refractivity contribution is 0.0946. The Labute approximate surface area is 205 Å². The maximum absolute atomic E-state index is 13.1. The van der Waals surface area contributed by atoms with E-state index in [-0.39, 0.29) is 17.3 Å². The third-order valence-electron chi connectivity index (χ3n) is 6.11. The predicted molar refractivity (Wildman–Crippen MR) is 126 cm³/mol. The van der Waals surface area contributed by atoms with Crippen LogP contribution < -0.4 is 11.2 Å². The number of amides is 1. The van der Waals surface area contributed by atoms with Gasteiger partial charge in [0.1, 0.15) is 0 Å². The maximum Gasteiger partial charge on any atom is 0.293 e. The second kappa shape index (κ2) is 9.99. The topological polar surface area (TPSA) is 184 Å². The molecule has 0 aliphatic carbocycles. The van der Waals surface area contributed by atoms with Crippen LogP contribution in [0.25, 0.3) is 11.5 Å². The van der Waals surface area contributed by atoms with Crippen molar-refractivity contribution in [3.05, 3.63) is 47.5 Å². The van der Waals surface area contributed by atoms with Crippen LogP contribution in [-0.2, 0) is 6.54 Å². The van der Waals surface area contributed by atoms with Gasteiger partial charge in [-0.3, -0.25) is 9.69 Å². The molecule has 0 spiro atoms. The Balaban J connectivity index is 1.35. The Morgan fingerprint density at radius 1 is 1.19 bits per heavy atom. The average Bonchev–Trinajstić information content (AvgIpc) is 3.65. The summed E-state index contributed by atoms with van der Waals surface area (Å²) in [6.07, 6.45) is 3.51. The zero-order chi connectivity index (χ0) is 25.1. The van der Waals surface area contributed by atoms with Gasteiger partial charge in [-0.05, 0) is 72.0 Å². The number of nitrogens with one attached hydrogen (secondary N) is 1. The molecule has 1 aliphatic heterocycles. The number of hydrazone groups is 1. The molecule has 1 aromatic carbocycles. The number of benzene rings is 1. The van der Waals surface area contributed by atoms with E-state index >= 15 is 0 Å². The lowest BCUT2D eigenvalue weighted by atomic mass is 9.99. The Hall–Kier alpha value is -4.53. The Bertz CT molecular complexity index is 1350. The van der Waals surface area contributed by atoms with Gasteiger partial charge in [-0.15, -0.1) is 20.1 Å². The van der Waals surface area contributed by atoms with E-state index in [1.54, 1.807) is 6.92 Å². The van der Waals surface area contributed by atoms with Gasteiger partial charge in [0.15, 0.2) is 12.0 Å². The molecule has 0 atom stereocenters. The van der Waals surface area contributed by atoms with Crippen molar-refractivity contribution in [3.8, 4) is 11.5 Å². The van der Waals surface area contributed by atoms with Gasteiger partial charge in [0.2, 0.25) is 11.6 Å². The van der Waals surface area contributed by atoms with Gasteiger partial charge in [-0.2, -0.15) is 9.78 Å². The third kappa shape index (κ3) is 4.81. The first-order valence-electron chi connectivity index (χ1n) is 11.4. The van der Waals surface area contributed by atoms with Crippen molar-refractivity contribution in [1.29, 1.82) is 0 Å². The lowest BCUT2D eigenvalue weighted by Gasteiger charge is -2.30. The fourth-order valence-corrected chi connectivity index (χ4v) is 3.93. The molecule has 0 saturated carbocycles. The van der Waals surface area contributed by atoms with Gasteiger partial charge in [0, 0.05) is 6.54 Å². The highest BCUT2D eigenvalue weighted by Crippen LogP contribution is 2.22. The van der Waals surface area contributed by atoms with E-state index in [1.165, 1.54) is 15.8 Å². The van der Waals surface area contributed by atoms with Gasteiger partial charge in [-0.1, -0.05) is 24.3 Å². The van der Waals surface area contributed by atoms with Crippen LogP contribution in [0, 0.1) is 5.92 Å². The van der Waals surface area contributed by atoms with Gasteiger partial charge >= 0.3 is 0 Å². The number of anilines is 1. The highest BCUT2D eigenvalue weighted by atomic mass is 16.6. The Morgan fingerprint density at radius 3 is 2.64 bits per heavy atom. The summed E-state index contributed by atoms with van der Waals surface area (Å²) in [5.41, 5.74) is 11.3. The second-order valence-corrected chi connectivity index (χ2v) is 8.64. The number of nitrogens with zero attached hydrogens (tertiary/aromatic N) is 11. The number of hydrogen-bond donors (Lipinski definition) is 2. The van der Waals surface area contributed by atoms with E-state index in [0.717, 1.165) is 37.2 Å². The van der Waals surface area contributed by atoms with Gasteiger partial charge < -0.3 is 5.73 Å². The lowest BCUT2D eigenvalue weighted by Crippen LogP contribution is -2.34. The van der Waals surface area contributed by atoms with Crippen molar-refractivity contribution in [2.24, 2.45) is 11.0 Å². The number of rotatable bonds is 7. The molecule has 0 bridgehead atoms. The first kappa shape index (κ1) is 23.2. The molecule has 1 fully saturated rings. The van der Waals surface area contributed by atoms with Gasteiger partial charge in [-0.25, -0.2) is 10.1 Å². The van der Waals surface area contributed by atoms with Crippen LogP contribution in [0.4, 0.5) is 5.82 Å². The zero-order valence-electron chi connectivity index (χ0n) is 19.8. The number of hydrogen-bond acceptors (Lipinski definition) is 12. The number of carbonyl (C=O) groups is 1. The van der Waals surface area contributed by atoms with Crippen LogP contribution in [0.15, 0.2) is 40.3 Å². The summed E-state index contributed by atoms with van der Waals surface area (Å²) in [6.45, 7) is 6.27. The van der Waals surface area contributed by atoms with Gasteiger partial charge in [0.05, 0.1) is 17.1 Å². The minimum atomic E-state index is -0.501. The summed E-state index contributed by atoms with van der Waals surface area (Å²) in [7, 11) is 0. The molecule has 15 heteroatoms. The maximum atomic E-state index is 13.1. The number of nitrogens with two attached hydrogens (primary N) is 1. The van der Waals surface area contributed by atoms with Crippen molar-refractivity contribution in [1.82, 2.24) is 55.8 Å². The molecule has 0 radical (unpaired) electrons. The van der Waals surface area contributed by atoms with E-state index in [2.05, 4.69) is 58.4 Å². The first-order chi connectivity index (χ1) is 17.5. The van der Waals surface area contributed by atoms with Crippen LogP contribution in [0.3, 0.4) is 0 Å². The summed E-state index contributed by atoms with van der Waals surface area (Å²) in [5, 5.41) is 31.5. The number of aromatic nitrogens is 9. The quantitative estimate of drug-likeness (QED) is 0.272. The molecule has 4 aromatic rings. The average molecular weight is 492 g/mol. The van der Waals surface area contributed by atoms with E-state index in [1.807, 2.05) is 24.3 Å². The molecule has 1 amide bonds. The second-order valence-electron chi connectivity index (χ2n) is 8.64. The minimum Gasteiger partial charge on any atom is -0.378 e. The molecule has 3 aromatic heterocycles. The molecular weight excluding hydrogens is 466 g/mol.